The summed E-state index contributed by atoms with van der Waals surface area (Å²) in [6.45, 7) is 2.05. The van der Waals surface area contributed by atoms with Crippen molar-refractivity contribution in [2.24, 2.45) is 0 Å². The molecule has 0 radical (unpaired) electrons. The van der Waals surface area contributed by atoms with Crippen LogP contribution in [0.3, 0.4) is 0 Å². The maximum atomic E-state index is 12.1. The van der Waals surface area contributed by atoms with E-state index in [-0.39, 0.29) is 24.2 Å². The van der Waals surface area contributed by atoms with Crippen molar-refractivity contribution < 1.29 is 14.5 Å². The van der Waals surface area contributed by atoms with Crippen molar-refractivity contribution in [2.45, 2.75) is 37.8 Å². The van der Waals surface area contributed by atoms with Crippen LogP contribution >= 0.6 is 0 Å². The number of amides is 1. The highest BCUT2D eigenvalue weighted by Crippen LogP contribution is 2.27. The second-order valence-electron chi connectivity index (χ2n) is 6.10. The molecule has 1 amide bonds. The van der Waals surface area contributed by atoms with Gasteiger partial charge in [-0.05, 0) is 31.9 Å². The van der Waals surface area contributed by atoms with Crippen LogP contribution in [0.2, 0.25) is 0 Å². The van der Waals surface area contributed by atoms with Gasteiger partial charge in [-0.3, -0.25) is 19.8 Å². The number of nitro groups is 1. The van der Waals surface area contributed by atoms with Gasteiger partial charge in [0.2, 0.25) is 0 Å². The van der Waals surface area contributed by atoms with E-state index in [2.05, 4.69) is 10.2 Å². The van der Waals surface area contributed by atoms with Gasteiger partial charge in [0.25, 0.3) is 11.6 Å². The van der Waals surface area contributed by atoms with E-state index in [0.717, 1.165) is 25.9 Å². The largest absolute Gasteiger partial charge is 0.484 e. The maximum absolute atomic E-state index is 12.1. The Kier molecular flexibility index (Phi) is 4.76. The van der Waals surface area contributed by atoms with E-state index < -0.39 is 4.92 Å². The summed E-state index contributed by atoms with van der Waals surface area (Å²) in [7, 11) is 0. The Morgan fingerprint density at radius 1 is 1.35 bits per heavy atom. The number of hydrogen-bond acceptors (Lipinski definition) is 5. The van der Waals surface area contributed by atoms with E-state index in [4.69, 9.17) is 4.74 Å². The molecular formula is C16H21N3O4. The number of hydrogen-bond donors (Lipinski definition) is 1. The van der Waals surface area contributed by atoms with Crippen molar-refractivity contribution in [3.05, 3.63) is 34.4 Å². The fraction of sp³-hybridized carbons (Fsp3) is 0.562. The van der Waals surface area contributed by atoms with Gasteiger partial charge in [-0.2, -0.15) is 0 Å². The van der Waals surface area contributed by atoms with Crippen LogP contribution in [0.5, 0.6) is 5.75 Å². The minimum absolute atomic E-state index is 0.0449. The van der Waals surface area contributed by atoms with Crippen LogP contribution < -0.4 is 10.1 Å². The summed E-state index contributed by atoms with van der Waals surface area (Å²) < 4.78 is 5.37. The molecule has 0 spiro atoms. The molecule has 0 aliphatic carbocycles. The average molecular weight is 319 g/mol. The lowest BCUT2D eigenvalue weighted by atomic mass is 9.99. The Morgan fingerprint density at radius 3 is 3.04 bits per heavy atom. The van der Waals surface area contributed by atoms with Crippen LogP contribution in [-0.2, 0) is 4.79 Å². The number of rotatable bonds is 5. The Balaban J connectivity index is 1.50. The molecule has 2 atom stereocenters. The van der Waals surface area contributed by atoms with Crippen molar-refractivity contribution in [1.29, 1.82) is 0 Å². The SMILES string of the molecule is O=C(COc1cccc([N+](=O)[O-])c1)N[C@H]1CCN2CCCC[C@H]12. The average Bonchev–Trinajstić information content (AvgIpc) is 2.96. The second-order valence-corrected chi connectivity index (χ2v) is 6.10. The van der Waals surface area contributed by atoms with Crippen molar-refractivity contribution in [3.63, 3.8) is 0 Å². The molecule has 7 heteroatoms. The number of nitro benzene ring substituents is 1. The molecule has 23 heavy (non-hydrogen) atoms. The minimum Gasteiger partial charge on any atom is -0.484 e. The number of non-ortho nitro benzene ring substituents is 1. The highest BCUT2D eigenvalue weighted by molar-refractivity contribution is 5.78. The van der Waals surface area contributed by atoms with Crippen LogP contribution in [-0.4, -0.2) is 47.5 Å². The Bertz CT molecular complexity index is 592. The van der Waals surface area contributed by atoms with Crippen molar-refractivity contribution in [1.82, 2.24) is 10.2 Å². The summed E-state index contributed by atoms with van der Waals surface area (Å²) in [5.74, 6) is 0.161. The molecule has 2 saturated heterocycles. The first-order valence-corrected chi connectivity index (χ1v) is 8.04. The van der Waals surface area contributed by atoms with Crippen LogP contribution in [0.25, 0.3) is 0 Å². The van der Waals surface area contributed by atoms with E-state index in [1.165, 1.54) is 25.0 Å². The number of ether oxygens (including phenoxy) is 1. The third kappa shape index (κ3) is 3.79. The van der Waals surface area contributed by atoms with E-state index in [1.807, 2.05) is 0 Å². The Hall–Kier alpha value is -2.15. The fourth-order valence-electron chi connectivity index (χ4n) is 3.50. The summed E-state index contributed by atoms with van der Waals surface area (Å²) in [5, 5.41) is 13.8. The smallest absolute Gasteiger partial charge is 0.273 e. The van der Waals surface area contributed by atoms with Crippen LogP contribution in [0.4, 0.5) is 5.69 Å². The lowest BCUT2D eigenvalue weighted by Gasteiger charge is -2.32. The molecular weight excluding hydrogens is 298 g/mol. The molecule has 7 nitrogen and oxygen atoms in total. The number of piperidine rings is 1. The summed E-state index contributed by atoms with van der Waals surface area (Å²) in [6, 6.07) is 6.51. The second kappa shape index (κ2) is 6.95. The van der Waals surface area contributed by atoms with Crippen molar-refractivity contribution in [2.75, 3.05) is 19.7 Å². The van der Waals surface area contributed by atoms with Gasteiger partial charge < -0.3 is 10.1 Å². The number of carbonyl (C=O) groups excluding carboxylic acids is 1. The molecule has 0 aromatic heterocycles. The zero-order valence-electron chi connectivity index (χ0n) is 12.9. The third-order valence-corrected chi connectivity index (χ3v) is 4.60. The molecule has 2 heterocycles. The fourth-order valence-corrected chi connectivity index (χ4v) is 3.50. The molecule has 1 N–H and O–H groups in total. The maximum Gasteiger partial charge on any atom is 0.273 e. The zero-order valence-corrected chi connectivity index (χ0v) is 12.9. The van der Waals surface area contributed by atoms with Crippen LogP contribution in [0.15, 0.2) is 24.3 Å². The molecule has 1 aromatic carbocycles. The molecule has 1 aromatic rings. The van der Waals surface area contributed by atoms with Crippen molar-refractivity contribution in [3.8, 4) is 5.75 Å². The van der Waals surface area contributed by atoms with Crippen LogP contribution in [0, 0.1) is 10.1 Å². The van der Waals surface area contributed by atoms with Gasteiger partial charge in [0.15, 0.2) is 6.61 Å². The van der Waals surface area contributed by atoms with E-state index in [0.29, 0.717) is 11.8 Å². The lowest BCUT2D eigenvalue weighted by Crippen LogP contribution is -2.47. The van der Waals surface area contributed by atoms with Gasteiger partial charge in [-0.25, -0.2) is 0 Å². The molecule has 2 aliphatic heterocycles. The predicted molar refractivity (Wildman–Crippen MR) is 84.4 cm³/mol. The number of nitrogens with zero attached hydrogens (tertiary/aromatic N) is 2. The first kappa shape index (κ1) is 15.7. The zero-order chi connectivity index (χ0) is 16.2. The normalized spacial score (nSPS) is 24.0. The van der Waals surface area contributed by atoms with Gasteiger partial charge >= 0.3 is 0 Å². The first-order chi connectivity index (χ1) is 11.1. The minimum atomic E-state index is -0.483. The summed E-state index contributed by atoms with van der Waals surface area (Å²) >= 11 is 0. The van der Waals surface area contributed by atoms with E-state index >= 15 is 0 Å². The summed E-state index contributed by atoms with van der Waals surface area (Å²) in [4.78, 5) is 24.8. The Labute approximate surface area is 134 Å². The standard InChI is InChI=1S/C16H21N3O4/c20-16(11-23-13-5-3-4-12(10-13)19(21)22)17-14-7-9-18-8-2-1-6-15(14)18/h3-5,10,14-15H,1-2,6-9,11H2,(H,17,20)/t14-,15+/m0/s1. The van der Waals surface area contributed by atoms with Gasteiger partial charge in [-0.15, -0.1) is 0 Å². The molecule has 124 valence electrons. The van der Waals surface area contributed by atoms with Gasteiger partial charge in [-0.1, -0.05) is 12.5 Å². The number of nitrogens with one attached hydrogen (secondary N) is 1. The monoisotopic (exact) mass is 319 g/mol. The number of fused-ring (bicyclic) bond motifs is 1. The quantitative estimate of drug-likeness (QED) is 0.660. The molecule has 2 aliphatic rings. The molecule has 0 unspecified atom stereocenters. The highest BCUT2D eigenvalue weighted by atomic mass is 16.6. The summed E-state index contributed by atoms with van der Waals surface area (Å²) in [5.41, 5.74) is -0.0449. The number of carbonyl (C=O) groups is 1. The molecule has 0 saturated carbocycles. The van der Waals surface area contributed by atoms with Crippen LogP contribution in [0.1, 0.15) is 25.7 Å². The molecule has 0 bridgehead atoms. The van der Waals surface area contributed by atoms with Gasteiger partial charge in [0.05, 0.1) is 11.0 Å². The van der Waals surface area contributed by atoms with E-state index in [9.17, 15) is 14.9 Å². The highest BCUT2D eigenvalue weighted by Gasteiger charge is 2.36. The van der Waals surface area contributed by atoms with Crippen molar-refractivity contribution >= 4 is 11.6 Å². The lowest BCUT2D eigenvalue weighted by molar-refractivity contribution is -0.384. The molecule has 2 fully saturated rings. The Morgan fingerprint density at radius 2 is 2.22 bits per heavy atom. The summed E-state index contributed by atoms with van der Waals surface area (Å²) in [6.07, 6.45) is 4.58. The third-order valence-electron chi connectivity index (χ3n) is 4.60. The van der Waals surface area contributed by atoms with Gasteiger partial charge in [0, 0.05) is 24.7 Å². The van der Waals surface area contributed by atoms with Gasteiger partial charge in [0.1, 0.15) is 5.75 Å². The molecule has 3 rings (SSSR count). The number of benzene rings is 1. The van der Waals surface area contributed by atoms with E-state index in [1.54, 1.807) is 12.1 Å². The predicted octanol–water partition coefficient (Wildman–Crippen LogP) is 1.72. The topological polar surface area (TPSA) is 84.7 Å². The first-order valence-electron chi connectivity index (χ1n) is 8.04.